The molecule has 2 nitrogen and oxygen atoms in total. The maximum Gasteiger partial charge on any atom is 0.0741 e. The van der Waals surface area contributed by atoms with E-state index in [2.05, 4.69) is 144 Å². The van der Waals surface area contributed by atoms with Gasteiger partial charge in [-0.05, 0) is 192 Å². The average molecular weight is 579 g/mol. The second kappa shape index (κ2) is 12.0. The maximum atomic E-state index is 5.00. The van der Waals surface area contributed by atoms with E-state index < -0.39 is 0 Å². The van der Waals surface area contributed by atoms with Crippen molar-refractivity contribution in [3.8, 4) is 22.5 Å². The minimum atomic E-state index is 1.09. The van der Waals surface area contributed by atoms with Gasteiger partial charge in [-0.2, -0.15) is 0 Å². The lowest BCUT2D eigenvalue weighted by atomic mass is 9.95. The zero-order valence-corrected chi connectivity index (χ0v) is 28.7. The second-order valence-electron chi connectivity index (χ2n) is 13.1. The molecule has 44 heavy (non-hydrogen) atoms. The zero-order chi connectivity index (χ0) is 32.0. The number of aromatic nitrogens is 2. The molecule has 0 saturated heterocycles. The summed E-state index contributed by atoms with van der Waals surface area (Å²) in [4.78, 5) is 9.98. The summed E-state index contributed by atoms with van der Waals surface area (Å²) in [5.41, 5.74) is 22.5. The van der Waals surface area contributed by atoms with Crippen LogP contribution >= 0.6 is 0 Å². The van der Waals surface area contributed by atoms with Crippen molar-refractivity contribution in [3.05, 3.63) is 127 Å². The first-order valence-corrected chi connectivity index (χ1v) is 15.7. The van der Waals surface area contributed by atoms with Gasteiger partial charge in [0.05, 0.1) is 22.4 Å². The Balaban J connectivity index is 0.000000175. The first kappa shape index (κ1) is 31.1. The zero-order valence-electron chi connectivity index (χ0n) is 28.7. The fraction of sp³-hybridized carbons (Fsp3) is 0.286. The molecule has 0 N–H and O–H groups in total. The molecule has 6 rings (SSSR count). The fourth-order valence-electron chi connectivity index (χ4n) is 6.41. The fourth-order valence-corrected chi connectivity index (χ4v) is 6.41. The van der Waals surface area contributed by atoms with Crippen molar-refractivity contribution in [3.63, 3.8) is 0 Å². The van der Waals surface area contributed by atoms with Gasteiger partial charge < -0.3 is 0 Å². The topological polar surface area (TPSA) is 25.8 Å². The summed E-state index contributed by atoms with van der Waals surface area (Å²) >= 11 is 0. The van der Waals surface area contributed by atoms with Crippen LogP contribution in [0.25, 0.3) is 44.3 Å². The van der Waals surface area contributed by atoms with E-state index in [1.54, 1.807) is 0 Å². The summed E-state index contributed by atoms with van der Waals surface area (Å²) in [7, 11) is 0. The van der Waals surface area contributed by atoms with E-state index in [9.17, 15) is 0 Å². The third-order valence-electron chi connectivity index (χ3n) is 9.25. The van der Waals surface area contributed by atoms with E-state index in [1.807, 2.05) is 0 Å². The highest BCUT2D eigenvalue weighted by atomic mass is 14.7. The van der Waals surface area contributed by atoms with E-state index >= 15 is 0 Å². The van der Waals surface area contributed by atoms with Crippen molar-refractivity contribution in [2.24, 2.45) is 0 Å². The molecule has 0 spiro atoms. The van der Waals surface area contributed by atoms with E-state index in [-0.39, 0.29) is 0 Å². The molecule has 224 valence electrons. The molecule has 0 amide bonds. The summed E-state index contributed by atoms with van der Waals surface area (Å²) in [6.07, 6.45) is 0. The van der Waals surface area contributed by atoms with Gasteiger partial charge in [-0.3, -0.25) is 0 Å². The molecule has 4 aromatic carbocycles. The summed E-state index contributed by atoms with van der Waals surface area (Å²) in [5, 5.41) is 2.51. The van der Waals surface area contributed by atoms with Gasteiger partial charge in [-0.15, -0.1) is 0 Å². The molecular weight excluding hydrogens is 532 g/mol. The van der Waals surface area contributed by atoms with Gasteiger partial charge in [0.25, 0.3) is 0 Å². The van der Waals surface area contributed by atoms with Crippen LogP contribution in [0.3, 0.4) is 0 Å². The van der Waals surface area contributed by atoms with Crippen LogP contribution in [0.2, 0.25) is 0 Å². The molecular formula is C42H46N2. The predicted octanol–water partition coefficient (Wildman–Crippen LogP) is 11.5. The Morgan fingerprint density at radius 1 is 0.341 bits per heavy atom. The third-order valence-corrected chi connectivity index (χ3v) is 9.25. The van der Waals surface area contributed by atoms with Crippen molar-refractivity contribution in [1.29, 1.82) is 0 Å². The SMILES string of the molecule is Cc1cc(C)c2cc(C)c(-c3cc(C)c(C)c(C)c3)nc2c1.Cc1cc(C)c2cc(C)c(-c3cc(C)c(C)cc3C)nc2c1. The van der Waals surface area contributed by atoms with E-state index in [0.717, 1.165) is 22.4 Å². The van der Waals surface area contributed by atoms with Crippen LogP contribution < -0.4 is 0 Å². The highest BCUT2D eigenvalue weighted by molar-refractivity contribution is 5.88. The van der Waals surface area contributed by atoms with Crippen molar-refractivity contribution in [1.82, 2.24) is 9.97 Å². The summed E-state index contributed by atoms with van der Waals surface area (Å²) in [6.45, 7) is 26.0. The van der Waals surface area contributed by atoms with Gasteiger partial charge in [-0.25, -0.2) is 9.97 Å². The molecule has 0 radical (unpaired) electrons. The number of benzene rings is 4. The molecule has 0 aliphatic heterocycles. The third kappa shape index (κ3) is 6.04. The number of pyridine rings is 2. The van der Waals surface area contributed by atoms with Gasteiger partial charge >= 0.3 is 0 Å². The standard InChI is InChI=1S/2C21H23N/c1-12-7-15(4)19-11-16(5)21(22-20(19)8-12)18-9-13(2)17(6)14(3)10-18;1-12-7-15(4)18-11-17(6)21(22-20(18)8-12)19-10-14(3)13(2)9-16(19)5/h2*7-11H,1-6H3. The highest BCUT2D eigenvalue weighted by Gasteiger charge is 2.13. The summed E-state index contributed by atoms with van der Waals surface area (Å²) in [5.74, 6) is 0. The largest absolute Gasteiger partial charge is 0.247 e. The van der Waals surface area contributed by atoms with Crippen LogP contribution in [0.15, 0.2) is 60.7 Å². The molecule has 6 aromatic rings. The maximum absolute atomic E-state index is 5.00. The van der Waals surface area contributed by atoms with E-state index in [1.165, 1.54) is 88.7 Å². The molecule has 0 aliphatic carbocycles. The van der Waals surface area contributed by atoms with Crippen molar-refractivity contribution in [2.75, 3.05) is 0 Å². The molecule has 2 heteroatoms. The summed E-state index contributed by atoms with van der Waals surface area (Å²) < 4.78 is 0. The van der Waals surface area contributed by atoms with Gasteiger partial charge in [-0.1, -0.05) is 18.2 Å². The van der Waals surface area contributed by atoms with Crippen LogP contribution in [0.4, 0.5) is 0 Å². The smallest absolute Gasteiger partial charge is 0.0741 e. The van der Waals surface area contributed by atoms with Crippen LogP contribution in [-0.2, 0) is 0 Å². The Hall–Kier alpha value is -4.30. The Morgan fingerprint density at radius 2 is 0.795 bits per heavy atom. The predicted molar refractivity (Wildman–Crippen MR) is 191 cm³/mol. The van der Waals surface area contributed by atoms with Crippen LogP contribution in [0.5, 0.6) is 0 Å². The number of nitrogens with zero attached hydrogens (tertiary/aromatic N) is 2. The first-order valence-electron chi connectivity index (χ1n) is 15.7. The van der Waals surface area contributed by atoms with E-state index in [0.29, 0.717) is 0 Å². The molecule has 0 saturated carbocycles. The molecule has 2 aromatic heterocycles. The number of hydrogen-bond acceptors (Lipinski definition) is 2. The lowest BCUT2D eigenvalue weighted by molar-refractivity contribution is 1.24. The first-order chi connectivity index (χ1) is 20.7. The summed E-state index contributed by atoms with van der Waals surface area (Å²) in [6, 6.07) is 22.4. The quantitative estimate of drug-likeness (QED) is 0.204. The molecule has 0 fully saturated rings. The van der Waals surface area contributed by atoms with Gasteiger partial charge in [0.15, 0.2) is 0 Å². The van der Waals surface area contributed by atoms with Crippen molar-refractivity contribution < 1.29 is 0 Å². The van der Waals surface area contributed by atoms with Crippen LogP contribution in [0.1, 0.15) is 66.8 Å². The monoisotopic (exact) mass is 578 g/mol. The van der Waals surface area contributed by atoms with Crippen molar-refractivity contribution >= 4 is 21.8 Å². The van der Waals surface area contributed by atoms with Gasteiger partial charge in [0.1, 0.15) is 0 Å². The number of rotatable bonds is 2. The Kier molecular flexibility index (Phi) is 8.49. The average Bonchev–Trinajstić information content (AvgIpc) is 2.94. The van der Waals surface area contributed by atoms with E-state index in [4.69, 9.17) is 9.97 Å². The number of hydrogen-bond donors (Lipinski definition) is 0. The lowest BCUT2D eigenvalue weighted by Gasteiger charge is -2.14. The van der Waals surface area contributed by atoms with Gasteiger partial charge in [0.2, 0.25) is 0 Å². The minimum Gasteiger partial charge on any atom is -0.247 e. The van der Waals surface area contributed by atoms with Gasteiger partial charge in [0, 0.05) is 21.9 Å². The number of fused-ring (bicyclic) bond motifs is 2. The molecule has 2 heterocycles. The Labute approximate surface area is 264 Å². The number of aryl methyl sites for hydroxylation is 11. The van der Waals surface area contributed by atoms with Crippen molar-refractivity contribution in [2.45, 2.75) is 83.1 Å². The minimum absolute atomic E-state index is 1.09. The molecule has 0 unspecified atom stereocenters. The molecule has 0 atom stereocenters. The van der Waals surface area contributed by atoms with Crippen LogP contribution in [-0.4, -0.2) is 9.97 Å². The molecule has 0 aliphatic rings. The lowest BCUT2D eigenvalue weighted by Crippen LogP contribution is -1.96. The molecule has 0 bridgehead atoms. The highest BCUT2D eigenvalue weighted by Crippen LogP contribution is 2.32. The second-order valence-corrected chi connectivity index (χ2v) is 13.1. The Bertz CT molecular complexity index is 2050. The van der Waals surface area contributed by atoms with Crippen LogP contribution in [0, 0.1) is 83.1 Å². The Morgan fingerprint density at radius 3 is 1.32 bits per heavy atom. The normalized spacial score (nSPS) is 11.2.